The van der Waals surface area contributed by atoms with Gasteiger partial charge in [-0.3, -0.25) is 9.69 Å². The van der Waals surface area contributed by atoms with Gasteiger partial charge < -0.3 is 10.2 Å². The Morgan fingerprint density at radius 1 is 1.10 bits per heavy atom. The van der Waals surface area contributed by atoms with Crippen LogP contribution in [-0.4, -0.2) is 62.0 Å². The van der Waals surface area contributed by atoms with Crippen LogP contribution in [0, 0.1) is 6.92 Å². The lowest BCUT2D eigenvalue weighted by Crippen LogP contribution is -2.46. The minimum Gasteiger partial charge on any atom is -0.351 e. The number of piperazine rings is 1. The highest BCUT2D eigenvalue weighted by Gasteiger charge is 2.13. The van der Waals surface area contributed by atoms with E-state index in [-0.39, 0.29) is 5.91 Å². The third-order valence-corrected chi connectivity index (χ3v) is 3.62. The van der Waals surface area contributed by atoms with E-state index < -0.39 is 0 Å². The molecular formula is C17H29N3O. The molecule has 0 aromatic heterocycles. The maximum atomic E-state index is 11.9. The zero-order valence-corrected chi connectivity index (χ0v) is 13.9. The van der Waals surface area contributed by atoms with Gasteiger partial charge in [0.2, 0.25) is 0 Å². The number of hydrogen-bond donors (Lipinski definition) is 1. The van der Waals surface area contributed by atoms with E-state index in [2.05, 4.69) is 22.2 Å². The summed E-state index contributed by atoms with van der Waals surface area (Å²) in [7, 11) is 2.15. The smallest absolute Gasteiger partial charge is 0.251 e. The summed E-state index contributed by atoms with van der Waals surface area (Å²) in [6, 6.07) is 7.69. The second-order valence-corrected chi connectivity index (χ2v) is 5.27. The summed E-state index contributed by atoms with van der Waals surface area (Å²) in [6.07, 6.45) is 0. The van der Waals surface area contributed by atoms with Gasteiger partial charge in [0, 0.05) is 44.8 Å². The number of amides is 1. The number of hydrogen-bond acceptors (Lipinski definition) is 3. The molecule has 1 amide bonds. The fourth-order valence-electron chi connectivity index (χ4n) is 2.21. The highest BCUT2D eigenvalue weighted by Crippen LogP contribution is 2.03. The third-order valence-electron chi connectivity index (χ3n) is 3.62. The van der Waals surface area contributed by atoms with Crippen LogP contribution in [0.15, 0.2) is 24.3 Å². The zero-order chi connectivity index (χ0) is 15.7. The van der Waals surface area contributed by atoms with Gasteiger partial charge in [-0.25, -0.2) is 0 Å². The molecule has 1 aromatic rings. The Morgan fingerprint density at radius 2 is 1.67 bits per heavy atom. The van der Waals surface area contributed by atoms with E-state index in [1.807, 2.05) is 45.0 Å². The average molecular weight is 291 g/mol. The monoisotopic (exact) mass is 291 g/mol. The van der Waals surface area contributed by atoms with Crippen molar-refractivity contribution < 1.29 is 4.79 Å². The number of nitrogens with one attached hydrogen (secondary N) is 1. The number of nitrogens with zero attached hydrogens (tertiary/aromatic N) is 2. The Kier molecular flexibility index (Phi) is 8.01. The second kappa shape index (κ2) is 9.53. The van der Waals surface area contributed by atoms with Crippen LogP contribution in [-0.2, 0) is 0 Å². The van der Waals surface area contributed by atoms with E-state index in [9.17, 15) is 4.79 Å². The van der Waals surface area contributed by atoms with E-state index in [1.54, 1.807) is 0 Å². The summed E-state index contributed by atoms with van der Waals surface area (Å²) in [5.74, 6) is 0.0223. The van der Waals surface area contributed by atoms with Gasteiger partial charge in [-0.1, -0.05) is 31.5 Å². The van der Waals surface area contributed by atoms with Crippen molar-refractivity contribution >= 4 is 5.91 Å². The first kappa shape index (κ1) is 17.7. The van der Waals surface area contributed by atoms with E-state index in [0.717, 1.165) is 44.8 Å². The van der Waals surface area contributed by atoms with Gasteiger partial charge in [-0.05, 0) is 26.1 Å². The van der Waals surface area contributed by atoms with Crippen molar-refractivity contribution in [1.29, 1.82) is 0 Å². The minimum absolute atomic E-state index is 0.0223. The Hall–Kier alpha value is -1.39. The SMILES string of the molecule is CC.Cc1ccc(C(=O)NCCN2CCN(C)CC2)cc1. The maximum Gasteiger partial charge on any atom is 0.251 e. The predicted octanol–water partition coefficient (Wildman–Crippen LogP) is 2.00. The fourth-order valence-corrected chi connectivity index (χ4v) is 2.21. The quantitative estimate of drug-likeness (QED) is 0.921. The largest absolute Gasteiger partial charge is 0.351 e. The maximum absolute atomic E-state index is 11.9. The van der Waals surface area contributed by atoms with Gasteiger partial charge in [-0.15, -0.1) is 0 Å². The van der Waals surface area contributed by atoms with Gasteiger partial charge >= 0.3 is 0 Å². The predicted molar refractivity (Wildman–Crippen MR) is 88.8 cm³/mol. The lowest BCUT2D eigenvalue weighted by Gasteiger charge is -2.32. The number of aryl methyl sites for hydroxylation is 1. The third kappa shape index (κ3) is 6.27. The van der Waals surface area contributed by atoms with Crippen LogP contribution in [0.4, 0.5) is 0 Å². The molecule has 1 heterocycles. The van der Waals surface area contributed by atoms with Crippen molar-refractivity contribution in [3.63, 3.8) is 0 Å². The molecule has 0 unspecified atom stereocenters. The normalized spacial score (nSPS) is 16.0. The summed E-state index contributed by atoms with van der Waals surface area (Å²) in [5, 5.41) is 2.98. The van der Waals surface area contributed by atoms with E-state index in [4.69, 9.17) is 0 Å². The molecule has 0 bridgehead atoms. The molecule has 4 heteroatoms. The van der Waals surface area contributed by atoms with Crippen LogP contribution in [0.3, 0.4) is 0 Å². The lowest BCUT2D eigenvalue weighted by molar-refractivity contribution is 0.0941. The highest BCUT2D eigenvalue weighted by molar-refractivity contribution is 5.94. The van der Waals surface area contributed by atoms with Crippen LogP contribution >= 0.6 is 0 Å². The van der Waals surface area contributed by atoms with Crippen molar-refractivity contribution in [2.24, 2.45) is 0 Å². The Labute approximate surface area is 129 Å². The molecule has 1 N–H and O–H groups in total. The minimum atomic E-state index is 0.0223. The molecule has 21 heavy (non-hydrogen) atoms. The molecule has 2 rings (SSSR count). The topological polar surface area (TPSA) is 35.6 Å². The van der Waals surface area contributed by atoms with Gasteiger partial charge in [-0.2, -0.15) is 0 Å². The number of likely N-dealkylation sites (N-methyl/N-ethyl adjacent to an activating group) is 1. The molecule has 1 aromatic carbocycles. The van der Waals surface area contributed by atoms with Gasteiger partial charge in [0.15, 0.2) is 0 Å². The summed E-state index contributed by atoms with van der Waals surface area (Å²) in [5.41, 5.74) is 1.91. The second-order valence-electron chi connectivity index (χ2n) is 5.27. The van der Waals surface area contributed by atoms with Crippen LogP contribution in [0.2, 0.25) is 0 Å². The zero-order valence-electron chi connectivity index (χ0n) is 13.9. The molecule has 0 spiro atoms. The van der Waals surface area contributed by atoms with Crippen molar-refractivity contribution in [1.82, 2.24) is 15.1 Å². The Balaban J connectivity index is 0.00000106. The molecule has 1 saturated heterocycles. The fraction of sp³-hybridized carbons (Fsp3) is 0.588. The van der Waals surface area contributed by atoms with Crippen LogP contribution < -0.4 is 5.32 Å². The molecule has 0 atom stereocenters. The summed E-state index contributed by atoms with van der Waals surface area (Å²) in [4.78, 5) is 16.6. The highest BCUT2D eigenvalue weighted by atomic mass is 16.1. The molecule has 1 aliphatic rings. The van der Waals surface area contributed by atoms with E-state index >= 15 is 0 Å². The van der Waals surface area contributed by atoms with E-state index in [0.29, 0.717) is 0 Å². The summed E-state index contributed by atoms with van der Waals surface area (Å²) < 4.78 is 0. The standard InChI is InChI=1S/C15H23N3O.C2H6/c1-13-3-5-14(6-4-13)15(19)16-7-8-18-11-9-17(2)10-12-18;1-2/h3-6H,7-12H2,1-2H3,(H,16,19);1-2H3. The van der Waals surface area contributed by atoms with Crippen LogP contribution in [0.1, 0.15) is 29.8 Å². The number of rotatable bonds is 4. The van der Waals surface area contributed by atoms with Crippen LogP contribution in [0.5, 0.6) is 0 Å². The number of carbonyl (C=O) groups is 1. The Morgan fingerprint density at radius 3 is 2.24 bits per heavy atom. The first-order chi connectivity index (χ1) is 10.1. The molecule has 4 nitrogen and oxygen atoms in total. The molecular weight excluding hydrogens is 262 g/mol. The lowest BCUT2D eigenvalue weighted by atomic mass is 10.1. The van der Waals surface area contributed by atoms with Gasteiger partial charge in [0.25, 0.3) is 5.91 Å². The molecule has 0 aliphatic carbocycles. The van der Waals surface area contributed by atoms with Gasteiger partial charge in [0.1, 0.15) is 0 Å². The van der Waals surface area contributed by atoms with Gasteiger partial charge in [0.05, 0.1) is 0 Å². The summed E-state index contributed by atoms with van der Waals surface area (Å²) >= 11 is 0. The van der Waals surface area contributed by atoms with Crippen molar-refractivity contribution in [3.05, 3.63) is 35.4 Å². The molecule has 118 valence electrons. The number of benzene rings is 1. The molecule has 1 fully saturated rings. The van der Waals surface area contributed by atoms with Crippen molar-refractivity contribution in [2.45, 2.75) is 20.8 Å². The molecule has 0 saturated carbocycles. The number of carbonyl (C=O) groups excluding carboxylic acids is 1. The first-order valence-electron chi connectivity index (χ1n) is 7.91. The summed E-state index contributed by atoms with van der Waals surface area (Å²) in [6.45, 7) is 12.1. The van der Waals surface area contributed by atoms with Crippen molar-refractivity contribution in [3.8, 4) is 0 Å². The average Bonchev–Trinajstić information content (AvgIpc) is 2.52. The van der Waals surface area contributed by atoms with Crippen LogP contribution in [0.25, 0.3) is 0 Å². The first-order valence-corrected chi connectivity index (χ1v) is 7.91. The van der Waals surface area contributed by atoms with E-state index in [1.165, 1.54) is 5.56 Å². The Bertz CT molecular complexity index is 409. The molecule has 1 aliphatic heterocycles. The molecule has 0 radical (unpaired) electrons. The van der Waals surface area contributed by atoms with Crippen molar-refractivity contribution in [2.75, 3.05) is 46.3 Å².